The SMILES string of the molecule is CC(C)[C@@H](NS(=O)(=O)c1ccc2c(c1)OCCCO2)C(=O)Nc1ccc2c(c1)OCCCO2. The minimum absolute atomic E-state index is 0.000722. The number of ether oxygens (including phenoxy) is 4. The lowest BCUT2D eigenvalue weighted by molar-refractivity contribution is -0.118. The zero-order chi connectivity index (χ0) is 23.4. The van der Waals surface area contributed by atoms with Gasteiger partial charge in [-0.3, -0.25) is 4.79 Å². The molecule has 0 spiro atoms. The summed E-state index contributed by atoms with van der Waals surface area (Å²) in [6.45, 7) is 5.58. The maximum Gasteiger partial charge on any atom is 0.242 e. The van der Waals surface area contributed by atoms with Crippen molar-refractivity contribution in [3.8, 4) is 23.0 Å². The van der Waals surface area contributed by atoms with Crippen molar-refractivity contribution in [3.63, 3.8) is 0 Å². The third kappa shape index (κ3) is 5.51. The molecular formula is C23H28N2O7S. The van der Waals surface area contributed by atoms with E-state index in [4.69, 9.17) is 18.9 Å². The molecule has 0 saturated carbocycles. The Balaban J connectivity index is 1.51. The zero-order valence-corrected chi connectivity index (χ0v) is 19.4. The topological polar surface area (TPSA) is 112 Å². The minimum Gasteiger partial charge on any atom is -0.490 e. The van der Waals surface area contributed by atoms with Gasteiger partial charge in [-0.2, -0.15) is 4.72 Å². The largest absolute Gasteiger partial charge is 0.490 e. The van der Waals surface area contributed by atoms with Crippen LogP contribution < -0.4 is 29.0 Å². The molecule has 0 radical (unpaired) electrons. The van der Waals surface area contributed by atoms with E-state index < -0.39 is 22.0 Å². The number of anilines is 1. The van der Waals surface area contributed by atoms with Gasteiger partial charge in [-0.25, -0.2) is 8.42 Å². The monoisotopic (exact) mass is 476 g/mol. The predicted octanol–water partition coefficient (Wildman–Crippen LogP) is 2.95. The second kappa shape index (κ2) is 9.88. The first kappa shape index (κ1) is 23.2. The summed E-state index contributed by atoms with van der Waals surface area (Å²) in [6.07, 6.45) is 1.48. The fraction of sp³-hybridized carbons (Fsp3) is 0.435. The van der Waals surface area contributed by atoms with Crippen LogP contribution in [0.3, 0.4) is 0 Å². The van der Waals surface area contributed by atoms with Crippen molar-refractivity contribution in [3.05, 3.63) is 36.4 Å². The van der Waals surface area contributed by atoms with Crippen LogP contribution in [0.15, 0.2) is 41.3 Å². The van der Waals surface area contributed by atoms with Gasteiger partial charge in [0, 0.05) is 30.7 Å². The van der Waals surface area contributed by atoms with Crippen LogP contribution in [0.4, 0.5) is 5.69 Å². The van der Waals surface area contributed by atoms with E-state index in [2.05, 4.69) is 10.0 Å². The molecule has 4 rings (SSSR count). The van der Waals surface area contributed by atoms with E-state index in [9.17, 15) is 13.2 Å². The number of benzene rings is 2. The third-order valence-corrected chi connectivity index (χ3v) is 6.71. The van der Waals surface area contributed by atoms with Crippen molar-refractivity contribution >= 4 is 21.6 Å². The molecule has 2 aliphatic rings. The Bertz CT molecular complexity index is 1120. The van der Waals surface area contributed by atoms with Crippen molar-refractivity contribution in [1.29, 1.82) is 0 Å². The molecule has 1 atom stereocenters. The predicted molar refractivity (Wildman–Crippen MR) is 122 cm³/mol. The zero-order valence-electron chi connectivity index (χ0n) is 18.6. The Morgan fingerprint density at radius 1 is 0.818 bits per heavy atom. The average molecular weight is 477 g/mol. The number of amides is 1. The van der Waals surface area contributed by atoms with Gasteiger partial charge in [0.15, 0.2) is 23.0 Å². The number of carbonyl (C=O) groups excluding carboxylic acids is 1. The first-order valence-corrected chi connectivity index (χ1v) is 12.4. The first-order chi connectivity index (χ1) is 15.8. The van der Waals surface area contributed by atoms with Gasteiger partial charge in [-0.1, -0.05) is 13.8 Å². The number of hydrogen-bond donors (Lipinski definition) is 2. The van der Waals surface area contributed by atoms with Crippen LogP contribution in [0.5, 0.6) is 23.0 Å². The van der Waals surface area contributed by atoms with Gasteiger partial charge in [-0.05, 0) is 30.2 Å². The fourth-order valence-electron chi connectivity index (χ4n) is 3.50. The Kier molecular flexibility index (Phi) is 6.94. The van der Waals surface area contributed by atoms with Gasteiger partial charge < -0.3 is 24.3 Å². The molecule has 2 aromatic carbocycles. The van der Waals surface area contributed by atoms with Crippen LogP contribution in [-0.2, 0) is 14.8 Å². The van der Waals surface area contributed by atoms with E-state index in [1.165, 1.54) is 12.1 Å². The van der Waals surface area contributed by atoms with Gasteiger partial charge in [-0.15, -0.1) is 0 Å². The standard InChI is InChI=1S/C23H28N2O7S/c1-15(2)22(23(26)24-16-5-7-18-20(13-16)31-11-3-9-29-18)25-33(27,28)17-6-8-19-21(14-17)32-12-4-10-30-19/h5-8,13-15,22,25H,3-4,9-12H2,1-2H3,(H,24,26)/t22-/m1/s1. The molecule has 0 bridgehead atoms. The summed E-state index contributed by atoms with van der Waals surface area (Å²) in [6, 6.07) is 8.52. The molecule has 33 heavy (non-hydrogen) atoms. The van der Waals surface area contributed by atoms with Crippen LogP contribution in [0.1, 0.15) is 26.7 Å². The molecule has 9 nitrogen and oxygen atoms in total. The number of hydrogen-bond acceptors (Lipinski definition) is 7. The second-order valence-corrected chi connectivity index (χ2v) is 9.92. The molecule has 2 heterocycles. The van der Waals surface area contributed by atoms with Crippen LogP contribution >= 0.6 is 0 Å². The Morgan fingerprint density at radius 2 is 1.36 bits per heavy atom. The van der Waals surface area contributed by atoms with Gasteiger partial charge in [0.25, 0.3) is 0 Å². The Morgan fingerprint density at radius 3 is 1.97 bits per heavy atom. The molecule has 2 aliphatic heterocycles. The van der Waals surface area contributed by atoms with Crippen molar-refractivity contribution in [2.24, 2.45) is 5.92 Å². The minimum atomic E-state index is -4.00. The lowest BCUT2D eigenvalue weighted by atomic mass is 10.0. The second-order valence-electron chi connectivity index (χ2n) is 8.20. The lowest BCUT2D eigenvalue weighted by Gasteiger charge is -2.22. The fourth-order valence-corrected chi connectivity index (χ4v) is 4.86. The number of nitrogens with one attached hydrogen (secondary N) is 2. The molecule has 0 saturated heterocycles. The van der Waals surface area contributed by atoms with Gasteiger partial charge in [0.05, 0.1) is 31.3 Å². The van der Waals surface area contributed by atoms with Crippen molar-refractivity contribution < 1.29 is 32.2 Å². The molecular weight excluding hydrogens is 448 g/mol. The van der Waals surface area contributed by atoms with E-state index >= 15 is 0 Å². The molecule has 0 aromatic heterocycles. The van der Waals surface area contributed by atoms with Gasteiger partial charge in [0.1, 0.15) is 6.04 Å². The number of rotatable bonds is 6. The van der Waals surface area contributed by atoms with Crippen molar-refractivity contribution in [1.82, 2.24) is 4.72 Å². The van der Waals surface area contributed by atoms with E-state index in [1.807, 2.05) is 0 Å². The highest BCUT2D eigenvalue weighted by atomic mass is 32.2. The molecule has 10 heteroatoms. The highest BCUT2D eigenvalue weighted by molar-refractivity contribution is 7.89. The maximum atomic E-state index is 13.1. The number of sulfonamides is 1. The highest BCUT2D eigenvalue weighted by Gasteiger charge is 2.29. The Labute approximate surface area is 193 Å². The maximum absolute atomic E-state index is 13.1. The molecule has 0 unspecified atom stereocenters. The van der Waals surface area contributed by atoms with Crippen LogP contribution in [0, 0.1) is 5.92 Å². The normalized spacial score (nSPS) is 16.5. The summed E-state index contributed by atoms with van der Waals surface area (Å²) in [5.74, 6) is 1.24. The van der Waals surface area contributed by atoms with E-state index in [0.717, 1.165) is 6.42 Å². The van der Waals surface area contributed by atoms with Crippen LogP contribution in [0.2, 0.25) is 0 Å². The molecule has 1 amide bonds. The molecule has 2 N–H and O–H groups in total. The smallest absolute Gasteiger partial charge is 0.242 e. The summed E-state index contributed by atoms with van der Waals surface area (Å²) < 4.78 is 51.1. The lowest BCUT2D eigenvalue weighted by Crippen LogP contribution is -2.47. The summed E-state index contributed by atoms with van der Waals surface area (Å²) in [5, 5.41) is 2.78. The molecule has 2 aromatic rings. The van der Waals surface area contributed by atoms with Crippen molar-refractivity contribution in [2.75, 3.05) is 31.7 Å². The van der Waals surface area contributed by atoms with E-state index in [0.29, 0.717) is 61.5 Å². The quantitative estimate of drug-likeness (QED) is 0.659. The molecule has 178 valence electrons. The summed E-state index contributed by atoms with van der Waals surface area (Å²) >= 11 is 0. The van der Waals surface area contributed by atoms with Gasteiger partial charge in [0.2, 0.25) is 15.9 Å². The summed E-state index contributed by atoms with van der Waals surface area (Å²) in [4.78, 5) is 13.0. The highest BCUT2D eigenvalue weighted by Crippen LogP contribution is 2.33. The molecule has 0 aliphatic carbocycles. The molecule has 0 fully saturated rings. The third-order valence-electron chi connectivity index (χ3n) is 5.28. The Hall–Kier alpha value is -2.98. The van der Waals surface area contributed by atoms with Gasteiger partial charge >= 0.3 is 0 Å². The first-order valence-electron chi connectivity index (χ1n) is 11.0. The van der Waals surface area contributed by atoms with E-state index in [-0.39, 0.29) is 10.8 Å². The van der Waals surface area contributed by atoms with E-state index in [1.54, 1.807) is 38.1 Å². The average Bonchev–Trinajstić information content (AvgIpc) is 3.16. The van der Waals surface area contributed by atoms with Crippen LogP contribution in [-0.4, -0.2) is 46.8 Å². The summed E-state index contributed by atoms with van der Waals surface area (Å²) in [5.41, 5.74) is 0.490. The number of fused-ring (bicyclic) bond motifs is 2. The number of carbonyl (C=O) groups is 1. The summed E-state index contributed by atoms with van der Waals surface area (Å²) in [7, 11) is -4.00. The van der Waals surface area contributed by atoms with Crippen molar-refractivity contribution in [2.45, 2.75) is 37.6 Å². The van der Waals surface area contributed by atoms with Crippen LogP contribution in [0.25, 0.3) is 0 Å².